The van der Waals surface area contributed by atoms with E-state index in [1.54, 1.807) is 20.1 Å². The maximum atomic E-state index is 9.57. The third-order valence-electron chi connectivity index (χ3n) is 3.28. The van der Waals surface area contributed by atoms with Gasteiger partial charge in [0.05, 0.1) is 23.9 Å². The lowest BCUT2D eigenvalue weighted by molar-refractivity contribution is 0.199. The third kappa shape index (κ3) is 3.06. The number of halogens is 1. The van der Waals surface area contributed by atoms with Crippen LogP contribution in [-0.4, -0.2) is 19.3 Å². The number of aliphatic hydroxyl groups excluding tert-OH is 1. The van der Waals surface area contributed by atoms with Crippen molar-refractivity contribution in [1.82, 2.24) is 0 Å². The molecule has 4 heteroatoms. The molecule has 1 N–H and O–H groups in total. The van der Waals surface area contributed by atoms with Gasteiger partial charge in [0.1, 0.15) is 5.75 Å². The lowest BCUT2D eigenvalue weighted by Crippen LogP contribution is -2.10. The molecule has 1 atom stereocenters. The van der Waals surface area contributed by atoms with Crippen molar-refractivity contribution >= 4 is 23.0 Å². The van der Waals surface area contributed by atoms with Crippen molar-refractivity contribution in [2.24, 2.45) is 0 Å². The van der Waals surface area contributed by atoms with Crippen LogP contribution in [0.2, 0.25) is 5.02 Å². The van der Waals surface area contributed by atoms with Gasteiger partial charge < -0.3 is 14.7 Å². The molecule has 2 rings (SSSR count). The highest BCUT2D eigenvalue weighted by Crippen LogP contribution is 2.33. The molecule has 0 bridgehead atoms. The van der Waals surface area contributed by atoms with Crippen LogP contribution in [0.5, 0.6) is 5.75 Å². The molecule has 0 unspecified atom stereocenters. The van der Waals surface area contributed by atoms with E-state index in [1.165, 1.54) is 0 Å². The van der Waals surface area contributed by atoms with Crippen LogP contribution >= 0.6 is 11.6 Å². The van der Waals surface area contributed by atoms with E-state index in [0.29, 0.717) is 5.02 Å². The van der Waals surface area contributed by atoms with Gasteiger partial charge >= 0.3 is 0 Å². The highest BCUT2D eigenvalue weighted by molar-refractivity contribution is 6.33. The summed E-state index contributed by atoms with van der Waals surface area (Å²) in [4.78, 5) is 1.99. The van der Waals surface area contributed by atoms with E-state index in [2.05, 4.69) is 0 Å². The van der Waals surface area contributed by atoms with Gasteiger partial charge in [0.25, 0.3) is 0 Å². The number of nitrogens with zero attached hydrogens (tertiary/aromatic N) is 1. The SMILES string of the molecule is COc1ccc(N(C)c2ccc([C@@H](C)O)cc2Cl)cc1. The highest BCUT2D eigenvalue weighted by Gasteiger charge is 2.10. The van der Waals surface area contributed by atoms with Gasteiger partial charge in [-0.3, -0.25) is 0 Å². The molecule has 0 aliphatic rings. The Morgan fingerprint density at radius 2 is 1.80 bits per heavy atom. The third-order valence-corrected chi connectivity index (χ3v) is 3.58. The molecule has 0 aromatic heterocycles. The zero-order valence-electron chi connectivity index (χ0n) is 11.8. The first-order valence-corrected chi connectivity index (χ1v) is 6.76. The zero-order valence-corrected chi connectivity index (χ0v) is 12.6. The molecule has 0 fully saturated rings. The lowest BCUT2D eigenvalue weighted by atomic mass is 10.1. The minimum Gasteiger partial charge on any atom is -0.497 e. The molecule has 2 aromatic rings. The predicted molar refractivity (Wildman–Crippen MR) is 83.1 cm³/mol. The maximum Gasteiger partial charge on any atom is 0.119 e. The fraction of sp³-hybridized carbons (Fsp3) is 0.250. The van der Waals surface area contributed by atoms with Crippen molar-refractivity contribution in [1.29, 1.82) is 0 Å². The van der Waals surface area contributed by atoms with Crippen molar-refractivity contribution in [3.05, 3.63) is 53.1 Å². The number of hydrogen-bond donors (Lipinski definition) is 1. The smallest absolute Gasteiger partial charge is 0.119 e. The molecule has 0 saturated heterocycles. The minimum atomic E-state index is -0.521. The van der Waals surface area contributed by atoms with Crippen LogP contribution in [0.4, 0.5) is 11.4 Å². The summed E-state index contributed by atoms with van der Waals surface area (Å²) < 4.78 is 5.15. The number of rotatable bonds is 4. The monoisotopic (exact) mass is 291 g/mol. The molecule has 2 aromatic carbocycles. The summed E-state index contributed by atoms with van der Waals surface area (Å²) in [5.74, 6) is 0.817. The van der Waals surface area contributed by atoms with Gasteiger partial charge in [0.15, 0.2) is 0 Å². The number of hydrogen-bond acceptors (Lipinski definition) is 3. The summed E-state index contributed by atoms with van der Waals surface area (Å²) >= 11 is 6.30. The Labute approximate surface area is 124 Å². The average molecular weight is 292 g/mol. The van der Waals surface area contributed by atoms with E-state index < -0.39 is 6.10 Å². The Morgan fingerprint density at radius 3 is 2.30 bits per heavy atom. The summed E-state index contributed by atoms with van der Waals surface area (Å²) in [6.45, 7) is 1.72. The van der Waals surface area contributed by atoms with E-state index >= 15 is 0 Å². The van der Waals surface area contributed by atoms with Crippen LogP contribution in [-0.2, 0) is 0 Å². The number of benzene rings is 2. The fourth-order valence-corrected chi connectivity index (χ4v) is 2.32. The van der Waals surface area contributed by atoms with Crippen LogP contribution in [0.1, 0.15) is 18.6 Å². The summed E-state index contributed by atoms with van der Waals surface area (Å²) in [7, 11) is 3.59. The first-order valence-electron chi connectivity index (χ1n) is 6.38. The van der Waals surface area contributed by atoms with Gasteiger partial charge in [-0.25, -0.2) is 0 Å². The molecule has 0 aliphatic carbocycles. The van der Waals surface area contributed by atoms with Crippen molar-refractivity contribution in [2.75, 3.05) is 19.1 Å². The van der Waals surface area contributed by atoms with Crippen LogP contribution in [0, 0.1) is 0 Å². The summed E-state index contributed by atoms with van der Waals surface area (Å²) in [5, 5.41) is 10.2. The first kappa shape index (κ1) is 14.7. The van der Waals surface area contributed by atoms with Crippen molar-refractivity contribution < 1.29 is 9.84 Å². The molecule has 0 radical (unpaired) electrons. The zero-order chi connectivity index (χ0) is 14.7. The van der Waals surface area contributed by atoms with Crippen LogP contribution in [0.3, 0.4) is 0 Å². The summed E-state index contributed by atoms with van der Waals surface area (Å²) in [6.07, 6.45) is -0.521. The number of methoxy groups -OCH3 is 1. The Balaban J connectivity index is 2.30. The molecule has 0 aliphatic heterocycles. The second-order valence-corrected chi connectivity index (χ2v) is 5.05. The quantitative estimate of drug-likeness (QED) is 0.918. The molecule has 106 valence electrons. The Hall–Kier alpha value is -1.71. The van der Waals surface area contributed by atoms with Gasteiger partial charge in [-0.05, 0) is 48.9 Å². The molecule has 20 heavy (non-hydrogen) atoms. The van der Waals surface area contributed by atoms with E-state index in [0.717, 1.165) is 22.7 Å². The topological polar surface area (TPSA) is 32.7 Å². The van der Waals surface area contributed by atoms with E-state index in [-0.39, 0.29) is 0 Å². The molecular formula is C16H18ClNO2. The lowest BCUT2D eigenvalue weighted by Gasteiger charge is -2.22. The molecule has 0 heterocycles. The van der Waals surface area contributed by atoms with Gasteiger partial charge in [0.2, 0.25) is 0 Å². The minimum absolute atomic E-state index is 0.521. The Kier molecular flexibility index (Phi) is 4.53. The molecule has 3 nitrogen and oxygen atoms in total. The van der Waals surface area contributed by atoms with Gasteiger partial charge in [-0.2, -0.15) is 0 Å². The van der Waals surface area contributed by atoms with Crippen molar-refractivity contribution in [2.45, 2.75) is 13.0 Å². The van der Waals surface area contributed by atoms with E-state index in [1.807, 2.05) is 48.3 Å². The molecule has 0 saturated carbocycles. The molecule has 0 amide bonds. The van der Waals surface area contributed by atoms with Gasteiger partial charge in [0, 0.05) is 12.7 Å². The summed E-state index contributed by atoms with van der Waals surface area (Å²) in [5.41, 5.74) is 2.71. The van der Waals surface area contributed by atoms with Crippen LogP contribution < -0.4 is 9.64 Å². The number of ether oxygens (including phenoxy) is 1. The van der Waals surface area contributed by atoms with Crippen LogP contribution in [0.15, 0.2) is 42.5 Å². The summed E-state index contributed by atoms with van der Waals surface area (Å²) in [6, 6.07) is 13.3. The molecular weight excluding hydrogens is 274 g/mol. The average Bonchev–Trinajstić information content (AvgIpc) is 2.46. The predicted octanol–water partition coefficient (Wildman–Crippen LogP) is 4.17. The largest absolute Gasteiger partial charge is 0.497 e. The van der Waals surface area contributed by atoms with Crippen molar-refractivity contribution in [3.8, 4) is 5.75 Å². The normalized spacial score (nSPS) is 12.1. The first-order chi connectivity index (χ1) is 9.52. The second-order valence-electron chi connectivity index (χ2n) is 4.64. The van der Waals surface area contributed by atoms with Crippen molar-refractivity contribution in [3.63, 3.8) is 0 Å². The standard InChI is InChI=1S/C16H18ClNO2/c1-11(19)12-4-9-16(15(17)10-12)18(2)13-5-7-14(20-3)8-6-13/h4-11,19H,1-3H3/t11-/m1/s1. The molecule has 0 spiro atoms. The van der Waals surface area contributed by atoms with Gasteiger partial charge in [-0.1, -0.05) is 17.7 Å². The second kappa shape index (κ2) is 6.16. The Morgan fingerprint density at radius 1 is 1.15 bits per heavy atom. The number of aliphatic hydroxyl groups is 1. The highest BCUT2D eigenvalue weighted by atomic mass is 35.5. The fourth-order valence-electron chi connectivity index (χ4n) is 2.00. The van der Waals surface area contributed by atoms with Crippen LogP contribution in [0.25, 0.3) is 0 Å². The Bertz CT molecular complexity index is 582. The maximum absolute atomic E-state index is 9.57. The van der Waals surface area contributed by atoms with E-state index in [9.17, 15) is 5.11 Å². The number of anilines is 2. The van der Waals surface area contributed by atoms with Gasteiger partial charge in [-0.15, -0.1) is 0 Å². The van der Waals surface area contributed by atoms with E-state index in [4.69, 9.17) is 16.3 Å².